The lowest BCUT2D eigenvalue weighted by Crippen LogP contribution is -1.97. The fraction of sp³-hybridized carbons (Fsp3) is 0.500. The first-order chi connectivity index (χ1) is 10.3. The molecule has 0 amide bonds. The normalized spacial score (nSPS) is 10.8. The third kappa shape index (κ3) is 5.05. The average Bonchev–Trinajstić information content (AvgIpc) is 3.00. The summed E-state index contributed by atoms with van der Waals surface area (Å²) in [5, 5.41) is 7.79. The highest BCUT2D eigenvalue weighted by atomic mass is 35.5. The Morgan fingerprint density at radius 2 is 1.81 bits per heavy atom. The second-order valence-corrected chi connectivity index (χ2v) is 5.19. The molecule has 0 N–H and O–H groups in total. The van der Waals surface area contributed by atoms with Crippen LogP contribution in [0.5, 0.6) is 5.75 Å². The van der Waals surface area contributed by atoms with Gasteiger partial charge >= 0.3 is 0 Å². The summed E-state index contributed by atoms with van der Waals surface area (Å²) in [6, 6.07) is 7.67. The van der Waals surface area contributed by atoms with Crippen LogP contribution in [0.3, 0.4) is 0 Å². The molecule has 21 heavy (non-hydrogen) atoms. The lowest BCUT2D eigenvalue weighted by Gasteiger charge is -2.06. The summed E-state index contributed by atoms with van der Waals surface area (Å²) in [5.41, 5.74) is 0.870. The van der Waals surface area contributed by atoms with Gasteiger partial charge in [0, 0.05) is 5.56 Å². The van der Waals surface area contributed by atoms with Crippen molar-refractivity contribution in [3.05, 3.63) is 30.2 Å². The van der Waals surface area contributed by atoms with Crippen LogP contribution in [0.15, 0.2) is 28.7 Å². The van der Waals surface area contributed by atoms with Crippen LogP contribution in [0, 0.1) is 0 Å². The molecule has 1 heterocycles. The molecule has 0 fully saturated rings. The highest BCUT2D eigenvalue weighted by Crippen LogP contribution is 2.22. The van der Waals surface area contributed by atoms with E-state index in [1.165, 1.54) is 25.7 Å². The van der Waals surface area contributed by atoms with Crippen molar-refractivity contribution >= 4 is 11.6 Å². The van der Waals surface area contributed by atoms with Crippen LogP contribution < -0.4 is 4.74 Å². The minimum absolute atomic E-state index is 0.228. The maximum absolute atomic E-state index is 5.72. The largest absolute Gasteiger partial charge is 0.494 e. The van der Waals surface area contributed by atoms with Crippen LogP contribution in [-0.2, 0) is 5.88 Å². The number of hydrogen-bond acceptors (Lipinski definition) is 4. The molecule has 114 valence electrons. The SMILES string of the molecule is CCCCCCCOc1ccc(-c2nnc(CCl)o2)cc1. The first-order valence-electron chi connectivity index (χ1n) is 7.45. The van der Waals surface area contributed by atoms with E-state index in [9.17, 15) is 0 Å². The summed E-state index contributed by atoms with van der Waals surface area (Å²) in [5.74, 6) is 2.01. The molecule has 0 unspecified atom stereocenters. The number of aromatic nitrogens is 2. The Morgan fingerprint density at radius 1 is 1.05 bits per heavy atom. The molecule has 0 aliphatic heterocycles. The van der Waals surface area contributed by atoms with Crippen LogP contribution in [0.2, 0.25) is 0 Å². The topological polar surface area (TPSA) is 48.2 Å². The Labute approximate surface area is 130 Å². The standard InChI is InChI=1S/C16H21ClN2O2/c1-2-3-4-5-6-11-20-14-9-7-13(8-10-14)16-19-18-15(12-17)21-16/h7-10H,2-6,11-12H2,1H3. The number of hydrogen-bond donors (Lipinski definition) is 0. The Bertz CT molecular complexity index is 525. The Balaban J connectivity index is 1.79. The number of unbranched alkanes of at least 4 members (excludes halogenated alkanes) is 4. The Morgan fingerprint density at radius 3 is 2.48 bits per heavy atom. The third-order valence-corrected chi connectivity index (χ3v) is 3.43. The maximum Gasteiger partial charge on any atom is 0.247 e. The van der Waals surface area contributed by atoms with Crippen molar-refractivity contribution < 1.29 is 9.15 Å². The van der Waals surface area contributed by atoms with Crippen molar-refractivity contribution in [1.82, 2.24) is 10.2 Å². The second-order valence-electron chi connectivity index (χ2n) is 4.92. The van der Waals surface area contributed by atoms with Gasteiger partial charge in [-0.05, 0) is 30.7 Å². The zero-order chi connectivity index (χ0) is 14.9. The molecule has 0 atom stereocenters. The van der Waals surface area contributed by atoms with Gasteiger partial charge in [-0.2, -0.15) is 0 Å². The van der Waals surface area contributed by atoms with E-state index in [-0.39, 0.29) is 5.88 Å². The molecule has 5 heteroatoms. The van der Waals surface area contributed by atoms with E-state index in [0.717, 1.165) is 24.3 Å². The van der Waals surface area contributed by atoms with E-state index >= 15 is 0 Å². The van der Waals surface area contributed by atoms with Gasteiger partial charge in [0.1, 0.15) is 11.6 Å². The molecule has 0 radical (unpaired) electrons. The van der Waals surface area contributed by atoms with Gasteiger partial charge in [-0.1, -0.05) is 32.6 Å². The molecule has 0 bridgehead atoms. The van der Waals surface area contributed by atoms with E-state index in [1.807, 2.05) is 24.3 Å². The van der Waals surface area contributed by atoms with Gasteiger partial charge < -0.3 is 9.15 Å². The second kappa shape index (κ2) is 8.67. The highest BCUT2D eigenvalue weighted by molar-refractivity contribution is 6.16. The summed E-state index contributed by atoms with van der Waals surface area (Å²) in [6.07, 6.45) is 6.20. The highest BCUT2D eigenvalue weighted by Gasteiger charge is 2.07. The molecule has 0 spiro atoms. The Hall–Kier alpha value is -1.55. The number of halogens is 1. The van der Waals surface area contributed by atoms with Crippen molar-refractivity contribution in [2.45, 2.75) is 44.9 Å². The molecule has 0 saturated carbocycles. The van der Waals surface area contributed by atoms with Gasteiger partial charge in [0.2, 0.25) is 11.8 Å². The summed E-state index contributed by atoms with van der Waals surface area (Å²) in [6.45, 7) is 2.98. The maximum atomic E-state index is 5.72. The number of alkyl halides is 1. The molecule has 1 aromatic heterocycles. The smallest absolute Gasteiger partial charge is 0.247 e. The fourth-order valence-electron chi connectivity index (χ4n) is 2.01. The van der Waals surface area contributed by atoms with Crippen LogP contribution in [0.1, 0.15) is 44.9 Å². The van der Waals surface area contributed by atoms with Gasteiger partial charge in [0.05, 0.1) is 6.61 Å². The van der Waals surface area contributed by atoms with E-state index < -0.39 is 0 Å². The van der Waals surface area contributed by atoms with Gasteiger partial charge in [0.25, 0.3) is 0 Å². The number of ether oxygens (including phenoxy) is 1. The van der Waals surface area contributed by atoms with Gasteiger partial charge in [0.15, 0.2) is 0 Å². The van der Waals surface area contributed by atoms with Gasteiger partial charge in [-0.25, -0.2) is 0 Å². The lowest BCUT2D eigenvalue weighted by atomic mass is 10.2. The van der Waals surface area contributed by atoms with Crippen molar-refractivity contribution in [3.63, 3.8) is 0 Å². The molecule has 1 aromatic carbocycles. The number of nitrogens with zero attached hydrogens (tertiary/aromatic N) is 2. The molecule has 0 saturated heterocycles. The lowest BCUT2D eigenvalue weighted by molar-refractivity contribution is 0.304. The summed E-state index contributed by atoms with van der Waals surface area (Å²) in [4.78, 5) is 0. The van der Waals surface area contributed by atoms with Crippen LogP contribution in [0.25, 0.3) is 11.5 Å². The predicted octanol–water partition coefficient (Wildman–Crippen LogP) is 4.82. The molecule has 4 nitrogen and oxygen atoms in total. The zero-order valence-corrected chi connectivity index (χ0v) is 13.1. The van der Waals surface area contributed by atoms with Gasteiger partial charge in [-0.3, -0.25) is 0 Å². The van der Waals surface area contributed by atoms with Crippen molar-refractivity contribution in [2.24, 2.45) is 0 Å². The molecule has 2 aromatic rings. The third-order valence-electron chi connectivity index (χ3n) is 3.20. The van der Waals surface area contributed by atoms with Crippen molar-refractivity contribution in [2.75, 3.05) is 6.61 Å². The van der Waals surface area contributed by atoms with Crippen LogP contribution >= 0.6 is 11.6 Å². The molecule has 0 aliphatic rings. The van der Waals surface area contributed by atoms with Crippen molar-refractivity contribution in [1.29, 1.82) is 0 Å². The van der Waals surface area contributed by atoms with E-state index in [1.54, 1.807) is 0 Å². The molecular weight excluding hydrogens is 288 g/mol. The summed E-state index contributed by atoms with van der Waals surface area (Å²) < 4.78 is 11.1. The molecule has 0 aliphatic carbocycles. The quantitative estimate of drug-likeness (QED) is 0.492. The van der Waals surface area contributed by atoms with E-state index in [2.05, 4.69) is 17.1 Å². The minimum atomic E-state index is 0.228. The summed E-state index contributed by atoms with van der Waals surface area (Å²) in [7, 11) is 0. The molecular formula is C16H21ClN2O2. The Kier molecular flexibility index (Phi) is 6.54. The predicted molar refractivity (Wildman–Crippen MR) is 83.5 cm³/mol. The van der Waals surface area contributed by atoms with Crippen LogP contribution in [-0.4, -0.2) is 16.8 Å². The average molecular weight is 309 g/mol. The van der Waals surface area contributed by atoms with E-state index in [0.29, 0.717) is 11.8 Å². The van der Waals surface area contributed by atoms with Crippen molar-refractivity contribution in [3.8, 4) is 17.2 Å². The zero-order valence-electron chi connectivity index (χ0n) is 12.3. The minimum Gasteiger partial charge on any atom is -0.494 e. The molecule has 2 rings (SSSR count). The first-order valence-corrected chi connectivity index (χ1v) is 7.98. The van der Waals surface area contributed by atoms with E-state index in [4.69, 9.17) is 20.8 Å². The van der Waals surface area contributed by atoms with Gasteiger partial charge in [-0.15, -0.1) is 21.8 Å². The monoisotopic (exact) mass is 308 g/mol. The number of rotatable bonds is 9. The fourth-order valence-corrected chi connectivity index (χ4v) is 2.12. The first kappa shape index (κ1) is 15.8. The van der Waals surface area contributed by atoms with Crippen LogP contribution in [0.4, 0.5) is 0 Å². The number of benzene rings is 1. The summed E-state index contributed by atoms with van der Waals surface area (Å²) >= 11 is 5.64.